The molecule has 0 aromatic rings. The van der Waals surface area contributed by atoms with Crippen LogP contribution in [-0.2, 0) is 0 Å². The van der Waals surface area contributed by atoms with Crippen molar-refractivity contribution in [1.29, 1.82) is 0 Å². The Labute approximate surface area is 48.4 Å². The van der Waals surface area contributed by atoms with E-state index in [1.165, 1.54) is 0 Å². The molecule has 0 N–H and O–H groups in total. The maximum Gasteiger partial charge on any atom is 0.407 e. The van der Waals surface area contributed by atoms with Crippen LogP contribution >= 0.6 is 11.6 Å². The average Bonchev–Trinajstić information content (AvgIpc) is 1.62. The molecule has 0 nitrogen and oxygen atoms in total. The summed E-state index contributed by atoms with van der Waals surface area (Å²) in [6, 6.07) is 0. The van der Waals surface area contributed by atoms with Gasteiger partial charge in [-0.25, -0.2) is 4.39 Å². The van der Waals surface area contributed by atoms with E-state index >= 15 is 0 Å². The van der Waals surface area contributed by atoms with Gasteiger partial charge in [-0.1, -0.05) is 0 Å². The smallest absolute Gasteiger partial charge is 0.249 e. The summed E-state index contributed by atoms with van der Waals surface area (Å²) in [4.78, 5) is 0. The van der Waals surface area contributed by atoms with Crippen LogP contribution in [0.5, 0.6) is 0 Å². The molecule has 0 saturated carbocycles. The summed E-state index contributed by atoms with van der Waals surface area (Å²) in [7, 11) is 0. The molecule has 0 bridgehead atoms. The Kier molecular flexibility index (Phi) is 2.53. The van der Waals surface area contributed by atoms with Crippen LogP contribution in [-0.4, -0.2) is 18.2 Å². The van der Waals surface area contributed by atoms with E-state index in [2.05, 4.69) is 11.6 Å². The van der Waals surface area contributed by atoms with Gasteiger partial charge in [0.15, 0.2) is 5.38 Å². The molecule has 0 amide bonds. The Morgan fingerprint density at radius 1 is 1.38 bits per heavy atom. The highest BCUT2D eigenvalue weighted by molar-refractivity contribution is 6.21. The van der Waals surface area contributed by atoms with Crippen LogP contribution in [0.15, 0.2) is 0 Å². The molecule has 0 aromatic carbocycles. The van der Waals surface area contributed by atoms with Crippen LogP contribution in [0.25, 0.3) is 0 Å². The predicted octanol–water partition coefficient (Wildman–Crippen LogP) is 2.13. The van der Waals surface area contributed by atoms with Crippen molar-refractivity contribution in [3.8, 4) is 0 Å². The van der Waals surface area contributed by atoms with Gasteiger partial charge in [0.25, 0.3) is 0 Å². The first-order valence-corrected chi connectivity index (χ1v) is 2.19. The maximum atomic E-state index is 11.1. The Hall–Kier alpha value is 0.01000. The van der Waals surface area contributed by atoms with Gasteiger partial charge in [-0.05, 0) is 0 Å². The molecule has 0 radical (unpaired) electrons. The van der Waals surface area contributed by atoms with Gasteiger partial charge in [-0.3, -0.25) is 0 Å². The van der Waals surface area contributed by atoms with E-state index in [0.29, 0.717) is 0 Å². The van der Waals surface area contributed by atoms with E-state index in [1.54, 1.807) is 0 Å². The van der Waals surface area contributed by atoms with E-state index in [1.807, 2.05) is 0 Å². The minimum atomic E-state index is -4.60. The molecular formula is C3H3ClF4. The lowest BCUT2D eigenvalue weighted by atomic mass is 10.5. The van der Waals surface area contributed by atoms with Gasteiger partial charge < -0.3 is 0 Å². The quantitative estimate of drug-likeness (QED) is 0.397. The van der Waals surface area contributed by atoms with Crippen LogP contribution in [0.2, 0.25) is 0 Å². The van der Waals surface area contributed by atoms with Gasteiger partial charge in [0.2, 0.25) is 0 Å². The minimum Gasteiger partial charge on any atom is -0.249 e. The summed E-state index contributed by atoms with van der Waals surface area (Å²) in [6.07, 6.45) is -4.60. The van der Waals surface area contributed by atoms with E-state index in [9.17, 15) is 17.6 Å². The fraction of sp³-hybridized carbons (Fsp3) is 1.00. The summed E-state index contributed by atoms with van der Waals surface area (Å²) in [5, 5.41) is -2.34. The van der Waals surface area contributed by atoms with Gasteiger partial charge in [-0.2, -0.15) is 13.2 Å². The largest absolute Gasteiger partial charge is 0.407 e. The first kappa shape index (κ1) is 8.01. The molecule has 0 fully saturated rings. The van der Waals surface area contributed by atoms with E-state index in [0.717, 1.165) is 0 Å². The summed E-state index contributed by atoms with van der Waals surface area (Å²) >= 11 is 4.44. The molecule has 0 rings (SSSR count). The molecule has 0 spiro atoms. The molecule has 50 valence electrons. The Morgan fingerprint density at radius 2 is 1.75 bits per heavy atom. The fourth-order valence-electron chi connectivity index (χ4n) is 0.0875. The number of rotatable bonds is 1. The molecule has 8 heavy (non-hydrogen) atoms. The molecule has 0 saturated heterocycles. The summed E-state index contributed by atoms with van der Waals surface area (Å²) in [5.74, 6) is 0. The fourth-order valence-corrected chi connectivity index (χ4v) is 0.0875. The third-order valence-corrected chi connectivity index (χ3v) is 0.855. The van der Waals surface area contributed by atoms with Crippen LogP contribution in [0.1, 0.15) is 0 Å². The molecular weight excluding hydrogens is 147 g/mol. The number of hydrogen-bond acceptors (Lipinski definition) is 0. The van der Waals surface area contributed by atoms with Crippen molar-refractivity contribution in [3.05, 3.63) is 0 Å². The SMILES string of the molecule is FCC(Cl)C(F)(F)F. The molecule has 0 aliphatic rings. The van der Waals surface area contributed by atoms with E-state index in [-0.39, 0.29) is 0 Å². The van der Waals surface area contributed by atoms with Crippen LogP contribution in [0.4, 0.5) is 17.6 Å². The second-order valence-corrected chi connectivity index (χ2v) is 1.69. The number of alkyl halides is 5. The van der Waals surface area contributed by atoms with Crippen molar-refractivity contribution in [2.24, 2.45) is 0 Å². The topological polar surface area (TPSA) is 0 Å². The lowest BCUT2D eigenvalue weighted by molar-refractivity contribution is -0.133. The highest BCUT2D eigenvalue weighted by atomic mass is 35.5. The van der Waals surface area contributed by atoms with Gasteiger partial charge in [0.1, 0.15) is 6.67 Å². The van der Waals surface area contributed by atoms with Crippen molar-refractivity contribution in [3.63, 3.8) is 0 Å². The highest BCUT2D eigenvalue weighted by Crippen LogP contribution is 2.24. The molecule has 1 unspecified atom stereocenters. The van der Waals surface area contributed by atoms with E-state index in [4.69, 9.17) is 0 Å². The Morgan fingerprint density at radius 3 is 1.75 bits per heavy atom. The van der Waals surface area contributed by atoms with Gasteiger partial charge >= 0.3 is 6.18 Å². The van der Waals surface area contributed by atoms with Gasteiger partial charge in [-0.15, -0.1) is 11.6 Å². The molecule has 0 aromatic heterocycles. The lowest BCUT2D eigenvalue weighted by Gasteiger charge is -2.07. The molecule has 0 heterocycles. The van der Waals surface area contributed by atoms with Crippen LogP contribution in [0, 0.1) is 0 Å². The minimum absolute atomic E-state index is 1.56. The summed E-state index contributed by atoms with van der Waals surface area (Å²) in [5.41, 5.74) is 0. The monoisotopic (exact) mass is 150 g/mol. The zero-order chi connectivity index (χ0) is 6.78. The van der Waals surface area contributed by atoms with Crippen LogP contribution < -0.4 is 0 Å². The normalized spacial score (nSPS) is 16.1. The van der Waals surface area contributed by atoms with Gasteiger partial charge in [0.05, 0.1) is 0 Å². The molecule has 5 heteroatoms. The summed E-state index contributed by atoms with van der Waals surface area (Å²) < 4.78 is 44.3. The Bertz CT molecular complexity index is 68.2. The number of hydrogen-bond donors (Lipinski definition) is 0. The van der Waals surface area contributed by atoms with Gasteiger partial charge in [0, 0.05) is 0 Å². The van der Waals surface area contributed by atoms with Crippen LogP contribution in [0.3, 0.4) is 0 Å². The van der Waals surface area contributed by atoms with Crippen molar-refractivity contribution in [2.45, 2.75) is 11.6 Å². The first-order valence-electron chi connectivity index (χ1n) is 1.75. The highest BCUT2D eigenvalue weighted by Gasteiger charge is 2.37. The Balaban J connectivity index is 3.62. The van der Waals surface area contributed by atoms with Crippen molar-refractivity contribution < 1.29 is 17.6 Å². The average molecular weight is 151 g/mol. The second-order valence-electron chi connectivity index (χ2n) is 1.16. The molecule has 1 atom stereocenters. The first-order chi connectivity index (χ1) is 3.48. The zero-order valence-electron chi connectivity index (χ0n) is 3.67. The third kappa shape index (κ3) is 2.35. The molecule has 0 aliphatic heterocycles. The van der Waals surface area contributed by atoms with Crippen molar-refractivity contribution in [2.75, 3.05) is 6.67 Å². The summed E-state index contributed by atoms with van der Waals surface area (Å²) in [6.45, 7) is -1.56. The number of halogens is 5. The third-order valence-electron chi connectivity index (χ3n) is 0.491. The van der Waals surface area contributed by atoms with E-state index < -0.39 is 18.2 Å². The standard InChI is InChI=1S/C3H3ClF4/c4-2(1-5)3(6,7)8/h2H,1H2. The van der Waals surface area contributed by atoms with Crippen molar-refractivity contribution in [1.82, 2.24) is 0 Å². The van der Waals surface area contributed by atoms with Crippen molar-refractivity contribution >= 4 is 11.6 Å². The molecule has 0 aliphatic carbocycles. The maximum absolute atomic E-state index is 11.1. The predicted molar refractivity (Wildman–Crippen MR) is 21.7 cm³/mol. The second kappa shape index (κ2) is 2.53. The zero-order valence-corrected chi connectivity index (χ0v) is 4.43. The lowest BCUT2D eigenvalue weighted by Crippen LogP contribution is -2.24.